The van der Waals surface area contributed by atoms with E-state index >= 15 is 0 Å². The molecule has 1 aliphatic heterocycles. The van der Waals surface area contributed by atoms with Crippen LogP contribution in [0.2, 0.25) is 0 Å². The molecule has 1 unspecified atom stereocenters. The molecule has 0 saturated carbocycles. The van der Waals surface area contributed by atoms with Crippen molar-refractivity contribution in [1.29, 1.82) is 0 Å². The van der Waals surface area contributed by atoms with E-state index < -0.39 is 9.73 Å². The summed E-state index contributed by atoms with van der Waals surface area (Å²) >= 11 is 0. The molecule has 0 N–H and O–H groups in total. The van der Waals surface area contributed by atoms with Crippen LogP contribution >= 0.6 is 0 Å². The van der Waals surface area contributed by atoms with Gasteiger partial charge < -0.3 is 9.47 Å². The van der Waals surface area contributed by atoms with Crippen LogP contribution in [-0.2, 0) is 14.5 Å². The monoisotopic (exact) mass is 311 g/mol. The zero-order chi connectivity index (χ0) is 15.5. The van der Waals surface area contributed by atoms with Gasteiger partial charge in [0.2, 0.25) is 0 Å². The summed E-state index contributed by atoms with van der Waals surface area (Å²) in [4.78, 5) is 0. The average molecular weight is 311 g/mol. The summed E-state index contributed by atoms with van der Waals surface area (Å²) in [7, 11) is -2.19. The molecular weight excluding hydrogens is 286 g/mol. The van der Waals surface area contributed by atoms with E-state index in [1.807, 2.05) is 24.3 Å². The Morgan fingerprint density at radius 1 is 1.38 bits per heavy atom. The molecule has 0 amide bonds. The number of para-hydroxylation sites is 1. The molecule has 1 aromatic rings. The van der Waals surface area contributed by atoms with Crippen LogP contribution in [-0.4, -0.2) is 35.5 Å². The van der Waals surface area contributed by atoms with Crippen LogP contribution in [0.1, 0.15) is 26.7 Å². The first-order chi connectivity index (χ1) is 9.75. The summed E-state index contributed by atoms with van der Waals surface area (Å²) in [5.41, 5.74) is 0.593. The minimum absolute atomic E-state index is 0.0721. The molecule has 5 heteroatoms. The Bertz CT molecular complexity index is 595. The average Bonchev–Trinajstić information content (AvgIpc) is 2.35. The summed E-state index contributed by atoms with van der Waals surface area (Å²) in [6.45, 7) is 5.66. The van der Waals surface area contributed by atoms with Crippen molar-refractivity contribution in [3.05, 3.63) is 24.3 Å². The highest BCUT2D eigenvalue weighted by molar-refractivity contribution is 7.92. The second-order valence-corrected chi connectivity index (χ2v) is 9.06. The number of ether oxygens (including phenoxy) is 2. The maximum Gasteiger partial charge on any atom is 0.145 e. The highest BCUT2D eigenvalue weighted by Gasteiger charge is 2.29. The minimum atomic E-state index is -2.19. The molecular formula is C16H25NO3S. The highest BCUT2D eigenvalue weighted by atomic mass is 32.2. The molecule has 0 aromatic heterocycles. The van der Waals surface area contributed by atoms with Crippen molar-refractivity contribution in [2.45, 2.75) is 32.3 Å². The number of nitrogens with zero attached hydrogens (tertiary/aromatic N) is 1. The first kappa shape index (κ1) is 16.3. The van der Waals surface area contributed by atoms with Crippen molar-refractivity contribution in [2.24, 2.45) is 10.3 Å². The van der Waals surface area contributed by atoms with Gasteiger partial charge in [-0.15, -0.1) is 0 Å². The van der Waals surface area contributed by atoms with Crippen molar-refractivity contribution < 1.29 is 13.7 Å². The van der Waals surface area contributed by atoms with Gasteiger partial charge in [0.25, 0.3) is 0 Å². The van der Waals surface area contributed by atoms with Gasteiger partial charge >= 0.3 is 0 Å². The Hall–Kier alpha value is -1.07. The van der Waals surface area contributed by atoms with Crippen molar-refractivity contribution >= 4 is 15.4 Å². The van der Waals surface area contributed by atoms with Crippen LogP contribution in [0, 0.1) is 5.92 Å². The normalized spacial score (nSPS) is 21.8. The third kappa shape index (κ3) is 5.32. The third-order valence-electron chi connectivity index (χ3n) is 3.46. The van der Waals surface area contributed by atoms with Gasteiger partial charge in [-0.1, -0.05) is 12.1 Å². The van der Waals surface area contributed by atoms with Gasteiger partial charge in [-0.25, -0.2) is 4.21 Å². The molecule has 118 valence electrons. The van der Waals surface area contributed by atoms with Gasteiger partial charge in [-0.2, -0.15) is 4.36 Å². The molecule has 1 heterocycles. The largest absolute Gasteiger partial charge is 0.491 e. The number of benzene rings is 1. The molecule has 1 fully saturated rings. The fourth-order valence-corrected chi connectivity index (χ4v) is 3.22. The molecule has 0 aliphatic carbocycles. The topological polar surface area (TPSA) is 47.9 Å². The quantitative estimate of drug-likeness (QED) is 0.853. The number of hydrogen-bond donors (Lipinski definition) is 0. The van der Waals surface area contributed by atoms with Crippen molar-refractivity contribution in [2.75, 3.05) is 25.7 Å². The lowest BCUT2D eigenvalue weighted by Crippen LogP contribution is -2.36. The maximum atomic E-state index is 11.9. The predicted octanol–water partition coefficient (Wildman–Crippen LogP) is 3.63. The predicted molar refractivity (Wildman–Crippen MR) is 86.8 cm³/mol. The molecule has 1 atom stereocenters. The zero-order valence-corrected chi connectivity index (χ0v) is 14.1. The lowest BCUT2D eigenvalue weighted by atomic mass is 9.89. The standard InChI is InChI=1S/C16H25NO3S/c1-16(2)11-13(9-10-20-16)12-19-15-8-6-5-7-14(15)17-21(3,4)18/h5-8,13H,9-12H2,1-4H3. The Balaban J connectivity index is 2.06. The molecule has 2 rings (SSSR count). The molecule has 0 radical (unpaired) electrons. The van der Waals surface area contributed by atoms with E-state index in [0.29, 0.717) is 24.0 Å². The fourth-order valence-electron chi connectivity index (χ4n) is 2.60. The lowest BCUT2D eigenvalue weighted by Gasteiger charge is -2.35. The number of rotatable bonds is 4. The van der Waals surface area contributed by atoms with Gasteiger partial charge in [0.15, 0.2) is 0 Å². The van der Waals surface area contributed by atoms with Gasteiger partial charge in [-0.05, 0) is 44.7 Å². The molecule has 0 spiro atoms. The van der Waals surface area contributed by atoms with E-state index in [0.717, 1.165) is 19.4 Å². The molecule has 4 nitrogen and oxygen atoms in total. The molecule has 0 bridgehead atoms. The van der Waals surface area contributed by atoms with Gasteiger partial charge in [0.05, 0.1) is 12.2 Å². The Kier molecular flexibility index (Phi) is 4.94. The summed E-state index contributed by atoms with van der Waals surface area (Å²) in [6, 6.07) is 7.52. The highest BCUT2D eigenvalue weighted by Crippen LogP contribution is 2.32. The Labute approximate surface area is 128 Å². The van der Waals surface area contributed by atoms with Crippen molar-refractivity contribution in [3.63, 3.8) is 0 Å². The van der Waals surface area contributed by atoms with Crippen molar-refractivity contribution in [3.8, 4) is 5.75 Å². The van der Waals surface area contributed by atoms with E-state index in [2.05, 4.69) is 18.2 Å². The zero-order valence-electron chi connectivity index (χ0n) is 13.3. The van der Waals surface area contributed by atoms with Crippen LogP contribution in [0.25, 0.3) is 0 Å². The fraction of sp³-hybridized carbons (Fsp3) is 0.625. The van der Waals surface area contributed by atoms with E-state index in [4.69, 9.17) is 9.47 Å². The molecule has 1 aromatic carbocycles. The van der Waals surface area contributed by atoms with Crippen LogP contribution in [0.5, 0.6) is 5.75 Å². The van der Waals surface area contributed by atoms with Crippen LogP contribution in [0.15, 0.2) is 28.6 Å². The first-order valence-corrected chi connectivity index (χ1v) is 9.61. The Morgan fingerprint density at radius 2 is 2.10 bits per heavy atom. The van der Waals surface area contributed by atoms with Crippen LogP contribution in [0.3, 0.4) is 0 Å². The van der Waals surface area contributed by atoms with E-state index in [9.17, 15) is 4.21 Å². The summed E-state index contributed by atoms with van der Waals surface area (Å²) < 4.78 is 27.8. The summed E-state index contributed by atoms with van der Waals surface area (Å²) in [5.74, 6) is 1.19. The first-order valence-electron chi connectivity index (χ1n) is 7.28. The molecule has 1 aliphatic rings. The maximum absolute atomic E-state index is 11.9. The van der Waals surface area contributed by atoms with Gasteiger partial charge in [0.1, 0.15) is 11.4 Å². The second kappa shape index (κ2) is 6.36. The second-order valence-electron chi connectivity index (χ2n) is 6.52. The van der Waals surface area contributed by atoms with Crippen molar-refractivity contribution in [1.82, 2.24) is 0 Å². The van der Waals surface area contributed by atoms with E-state index in [1.54, 1.807) is 12.5 Å². The molecule has 1 saturated heterocycles. The van der Waals surface area contributed by atoms with Crippen LogP contribution in [0.4, 0.5) is 5.69 Å². The summed E-state index contributed by atoms with van der Waals surface area (Å²) in [5, 5.41) is 0. The smallest absolute Gasteiger partial charge is 0.145 e. The summed E-state index contributed by atoms with van der Waals surface area (Å²) in [6.07, 6.45) is 5.27. The van der Waals surface area contributed by atoms with Crippen LogP contribution < -0.4 is 4.74 Å². The minimum Gasteiger partial charge on any atom is -0.491 e. The van der Waals surface area contributed by atoms with Gasteiger partial charge in [-0.3, -0.25) is 0 Å². The Morgan fingerprint density at radius 3 is 2.76 bits per heavy atom. The van der Waals surface area contributed by atoms with Gasteiger partial charge in [0, 0.05) is 28.8 Å². The van der Waals surface area contributed by atoms with E-state index in [1.165, 1.54) is 0 Å². The number of hydrogen-bond acceptors (Lipinski definition) is 4. The lowest BCUT2D eigenvalue weighted by molar-refractivity contribution is -0.0784. The van der Waals surface area contributed by atoms with E-state index in [-0.39, 0.29) is 5.60 Å². The third-order valence-corrected chi connectivity index (χ3v) is 4.09. The molecule has 21 heavy (non-hydrogen) atoms. The SMILES string of the molecule is CC1(C)CC(COc2ccccc2N=S(C)(C)=O)CCO1.